The van der Waals surface area contributed by atoms with Crippen molar-refractivity contribution in [1.82, 2.24) is 0 Å². The van der Waals surface area contributed by atoms with Gasteiger partial charge >= 0.3 is 0 Å². The average Bonchev–Trinajstić information content (AvgIpc) is 2.04. The third kappa shape index (κ3) is 2.59. The van der Waals surface area contributed by atoms with Crippen molar-refractivity contribution in [2.24, 2.45) is 5.92 Å². The molecule has 0 aliphatic heterocycles. The van der Waals surface area contributed by atoms with Gasteiger partial charge in [-0.1, -0.05) is 30.8 Å². The summed E-state index contributed by atoms with van der Waals surface area (Å²) < 4.78 is 0. The van der Waals surface area contributed by atoms with E-state index in [4.69, 9.17) is 12.2 Å². The van der Waals surface area contributed by atoms with E-state index in [2.05, 4.69) is 0 Å². The Kier molecular flexibility index (Phi) is 4.03. The van der Waals surface area contributed by atoms with Crippen LogP contribution in [-0.2, 0) is 0 Å². The number of rotatable bonds is 2. The van der Waals surface area contributed by atoms with Gasteiger partial charge in [0.25, 0.3) is 0 Å². The van der Waals surface area contributed by atoms with Crippen molar-refractivity contribution in [3.8, 4) is 0 Å². The second-order valence-corrected chi connectivity index (χ2v) is 3.85. The topological polar surface area (TPSA) is 40.5 Å². The van der Waals surface area contributed by atoms with E-state index in [9.17, 15) is 10.2 Å². The zero-order chi connectivity index (χ0) is 9.84. The normalized spacial score (nSPS) is 34.4. The molecular formula is C10H16O2S. The molecule has 0 radical (unpaired) electrons. The lowest BCUT2D eigenvalue weighted by atomic mass is 9.79. The zero-order valence-electron chi connectivity index (χ0n) is 7.81. The molecule has 0 aromatic carbocycles. The average molecular weight is 200 g/mol. The minimum absolute atomic E-state index is 0.0299. The molecule has 2 N–H and O–H groups in total. The van der Waals surface area contributed by atoms with Crippen molar-refractivity contribution in [1.29, 1.82) is 0 Å². The first kappa shape index (κ1) is 10.8. The van der Waals surface area contributed by atoms with Gasteiger partial charge < -0.3 is 10.2 Å². The van der Waals surface area contributed by atoms with Crippen molar-refractivity contribution in [2.45, 2.75) is 38.4 Å². The predicted molar refractivity (Wildman–Crippen MR) is 56.8 cm³/mol. The van der Waals surface area contributed by atoms with Crippen LogP contribution in [0, 0.1) is 5.92 Å². The molecule has 0 aromatic heterocycles. The van der Waals surface area contributed by atoms with E-state index in [0.29, 0.717) is 12.8 Å². The SMILES string of the molecule is CCC1C(O)CC(=CC=S)CC1O. The van der Waals surface area contributed by atoms with Crippen LogP contribution in [0.2, 0.25) is 0 Å². The molecule has 2 unspecified atom stereocenters. The minimum Gasteiger partial charge on any atom is -0.392 e. The lowest BCUT2D eigenvalue weighted by Gasteiger charge is -2.33. The number of hydrogen-bond donors (Lipinski definition) is 2. The summed E-state index contributed by atoms with van der Waals surface area (Å²) in [5, 5.41) is 20.9. The first-order valence-electron chi connectivity index (χ1n) is 4.68. The van der Waals surface area contributed by atoms with Gasteiger partial charge in [-0.05, 0) is 19.3 Å². The van der Waals surface area contributed by atoms with Gasteiger partial charge in [-0.15, -0.1) is 0 Å². The smallest absolute Gasteiger partial charge is 0.0630 e. The Morgan fingerprint density at radius 3 is 2.31 bits per heavy atom. The molecule has 0 saturated heterocycles. The Labute approximate surface area is 84.3 Å². The third-order valence-corrected chi connectivity index (χ3v) is 2.84. The number of allylic oxidation sites excluding steroid dienone is 1. The van der Waals surface area contributed by atoms with Crippen LogP contribution in [0.1, 0.15) is 26.2 Å². The maximum Gasteiger partial charge on any atom is 0.0630 e. The summed E-state index contributed by atoms with van der Waals surface area (Å²) in [6.07, 6.45) is 3.14. The van der Waals surface area contributed by atoms with E-state index in [1.807, 2.05) is 13.0 Å². The number of aliphatic hydroxyl groups is 2. The lowest BCUT2D eigenvalue weighted by Crippen LogP contribution is -2.36. The van der Waals surface area contributed by atoms with Gasteiger partial charge in [0, 0.05) is 11.3 Å². The molecule has 1 saturated carbocycles. The molecule has 2 atom stereocenters. The maximum absolute atomic E-state index is 9.69. The summed E-state index contributed by atoms with van der Waals surface area (Å²) >= 11 is 4.70. The van der Waals surface area contributed by atoms with Crippen molar-refractivity contribution in [3.05, 3.63) is 11.6 Å². The van der Waals surface area contributed by atoms with Crippen LogP contribution in [-0.4, -0.2) is 27.8 Å². The quantitative estimate of drug-likeness (QED) is 0.523. The summed E-state index contributed by atoms with van der Waals surface area (Å²) in [7, 11) is 0. The molecule has 1 fully saturated rings. The number of hydrogen-bond acceptors (Lipinski definition) is 3. The molecule has 13 heavy (non-hydrogen) atoms. The first-order chi connectivity index (χ1) is 6.19. The van der Waals surface area contributed by atoms with Crippen molar-refractivity contribution < 1.29 is 10.2 Å². The number of aliphatic hydroxyl groups excluding tert-OH is 2. The van der Waals surface area contributed by atoms with Crippen LogP contribution >= 0.6 is 12.2 Å². The van der Waals surface area contributed by atoms with Gasteiger partial charge in [-0.25, -0.2) is 0 Å². The minimum atomic E-state index is -0.407. The Morgan fingerprint density at radius 1 is 1.38 bits per heavy atom. The van der Waals surface area contributed by atoms with Crippen LogP contribution in [0.15, 0.2) is 11.6 Å². The van der Waals surface area contributed by atoms with Gasteiger partial charge in [0.05, 0.1) is 12.2 Å². The predicted octanol–water partition coefficient (Wildman–Crippen LogP) is 1.45. The van der Waals surface area contributed by atoms with Crippen molar-refractivity contribution in [3.63, 3.8) is 0 Å². The highest BCUT2D eigenvalue weighted by molar-refractivity contribution is 7.79. The largest absolute Gasteiger partial charge is 0.392 e. The molecule has 0 aromatic rings. The third-order valence-electron chi connectivity index (χ3n) is 2.71. The molecule has 0 bridgehead atoms. The standard InChI is InChI=1S/C10H16O2S/c1-2-8-9(11)5-7(3-4-13)6-10(8)12/h3-4,8-12H,2,5-6H2,1H3. The first-order valence-corrected chi connectivity index (χ1v) is 5.15. The fourth-order valence-corrected chi connectivity index (χ4v) is 2.15. The van der Waals surface area contributed by atoms with Gasteiger partial charge in [0.1, 0.15) is 0 Å². The summed E-state index contributed by atoms with van der Waals surface area (Å²) in [6.45, 7) is 1.99. The molecule has 2 nitrogen and oxygen atoms in total. The molecule has 1 aliphatic rings. The van der Waals surface area contributed by atoms with Crippen LogP contribution in [0.5, 0.6) is 0 Å². The molecule has 3 heteroatoms. The van der Waals surface area contributed by atoms with E-state index >= 15 is 0 Å². The fourth-order valence-electron chi connectivity index (χ4n) is 1.96. The van der Waals surface area contributed by atoms with Gasteiger partial charge in [0.15, 0.2) is 0 Å². The van der Waals surface area contributed by atoms with E-state index in [-0.39, 0.29) is 5.92 Å². The molecule has 1 rings (SSSR count). The molecule has 0 heterocycles. The van der Waals surface area contributed by atoms with Crippen LogP contribution < -0.4 is 0 Å². The van der Waals surface area contributed by atoms with Crippen LogP contribution in [0.4, 0.5) is 0 Å². The second-order valence-electron chi connectivity index (χ2n) is 3.58. The summed E-state index contributed by atoms with van der Waals surface area (Å²) in [5.74, 6) is 0.0299. The van der Waals surface area contributed by atoms with Gasteiger partial charge in [-0.3, -0.25) is 0 Å². The Morgan fingerprint density at radius 2 is 1.92 bits per heavy atom. The van der Waals surface area contributed by atoms with E-state index in [1.54, 1.807) is 5.37 Å². The van der Waals surface area contributed by atoms with Gasteiger partial charge in [0.2, 0.25) is 0 Å². The zero-order valence-corrected chi connectivity index (χ0v) is 8.63. The molecular weight excluding hydrogens is 184 g/mol. The molecule has 0 amide bonds. The Hall–Kier alpha value is -0.250. The van der Waals surface area contributed by atoms with E-state index < -0.39 is 12.2 Å². The van der Waals surface area contributed by atoms with E-state index in [1.165, 1.54) is 0 Å². The van der Waals surface area contributed by atoms with Crippen molar-refractivity contribution >= 4 is 17.6 Å². The highest BCUT2D eigenvalue weighted by atomic mass is 32.1. The fraction of sp³-hybridized carbons (Fsp3) is 0.700. The highest BCUT2D eigenvalue weighted by Crippen LogP contribution is 2.30. The van der Waals surface area contributed by atoms with E-state index in [0.717, 1.165) is 12.0 Å². The highest BCUT2D eigenvalue weighted by Gasteiger charge is 2.31. The molecule has 74 valence electrons. The molecule has 1 aliphatic carbocycles. The monoisotopic (exact) mass is 200 g/mol. The van der Waals surface area contributed by atoms with Crippen LogP contribution in [0.25, 0.3) is 0 Å². The number of thiocarbonyl (C=S) groups is 1. The molecule has 0 spiro atoms. The summed E-state index contributed by atoms with van der Waals surface area (Å²) in [5.41, 5.74) is 1.06. The summed E-state index contributed by atoms with van der Waals surface area (Å²) in [6, 6.07) is 0. The lowest BCUT2D eigenvalue weighted by molar-refractivity contribution is -0.00692. The van der Waals surface area contributed by atoms with Crippen LogP contribution in [0.3, 0.4) is 0 Å². The van der Waals surface area contributed by atoms with Crippen molar-refractivity contribution in [2.75, 3.05) is 0 Å². The summed E-state index contributed by atoms with van der Waals surface area (Å²) in [4.78, 5) is 0. The maximum atomic E-state index is 9.69. The van der Waals surface area contributed by atoms with Gasteiger partial charge in [-0.2, -0.15) is 0 Å². The Bertz CT molecular complexity index is 199. The second kappa shape index (κ2) is 4.84. The Balaban J connectivity index is 2.66.